The van der Waals surface area contributed by atoms with Crippen molar-refractivity contribution in [3.8, 4) is 0 Å². The highest BCUT2D eigenvalue weighted by Crippen LogP contribution is 2.10. The van der Waals surface area contributed by atoms with Gasteiger partial charge in [0, 0.05) is 30.4 Å². The van der Waals surface area contributed by atoms with Crippen molar-refractivity contribution in [2.45, 2.75) is 25.9 Å². The van der Waals surface area contributed by atoms with Crippen LogP contribution in [0.5, 0.6) is 0 Å². The molecule has 2 aromatic carbocycles. The second-order valence-corrected chi connectivity index (χ2v) is 5.91. The number of anilines is 1. The Morgan fingerprint density at radius 3 is 2.46 bits per heavy atom. The summed E-state index contributed by atoms with van der Waals surface area (Å²) in [6.07, 6.45) is 1.71. The van der Waals surface area contributed by atoms with E-state index in [4.69, 9.17) is 16.2 Å². The number of aliphatic imine (C=N–C) groups is 2. The van der Waals surface area contributed by atoms with Gasteiger partial charge >= 0.3 is 0 Å². The van der Waals surface area contributed by atoms with E-state index >= 15 is 0 Å². The van der Waals surface area contributed by atoms with Gasteiger partial charge in [-0.3, -0.25) is 4.79 Å². The second-order valence-electron chi connectivity index (χ2n) is 5.91. The molecule has 1 aliphatic rings. The lowest BCUT2D eigenvalue weighted by Gasteiger charge is -2.13. The minimum Gasteiger partial charge on any atom is -0.399 e. The van der Waals surface area contributed by atoms with Crippen molar-refractivity contribution in [1.82, 2.24) is 5.32 Å². The normalized spacial score (nSPS) is 16.2. The Kier molecular flexibility index (Phi) is 5.60. The summed E-state index contributed by atoms with van der Waals surface area (Å²) in [4.78, 5) is 20.3. The Morgan fingerprint density at radius 2 is 1.77 bits per heavy atom. The Morgan fingerprint density at radius 1 is 1.08 bits per heavy atom. The molecule has 3 rings (SSSR count). The monoisotopic (exact) mass is 351 g/mol. The van der Waals surface area contributed by atoms with Crippen LogP contribution in [0.3, 0.4) is 0 Å². The summed E-state index contributed by atoms with van der Waals surface area (Å²) in [7, 11) is 0. The summed E-state index contributed by atoms with van der Waals surface area (Å²) < 4.78 is 5.60. The highest BCUT2D eigenvalue weighted by Gasteiger charge is 2.09. The van der Waals surface area contributed by atoms with Gasteiger partial charge in [0.25, 0.3) is 5.91 Å². The molecule has 0 bridgehead atoms. The smallest absolute Gasteiger partial charge is 0.251 e. The van der Waals surface area contributed by atoms with Gasteiger partial charge in [0.15, 0.2) is 0 Å². The third-order valence-corrected chi connectivity index (χ3v) is 3.86. The molecule has 1 unspecified atom stereocenters. The average Bonchev–Trinajstić information content (AvgIpc) is 2.66. The summed E-state index contributed by atoms with van der Waals surface area (Å²) in [5, 5.41) is 2.88. The number of rotatable bonds is 6. The molecule has 5 N–H and O–H groups in total. The molecule has 0 saturated carbocycles. The molecule has 7 heteroatoms. The van der Waals surface area contributed by atoms with Gasteiger partial charge in [0.1, 0.15) is 5.84 Å². The number of hydrogen-bond acceptors (Lipinski definition) is 6. The van der Waals surface area contributed by atoms with Gasteiger partial charge in [-0.25, -0.2) is 9.98 Å². The number of nitrogens with two attached hydrogens (primary N) is 2. The number of nitrogens with zero attached hydrogens (tertiary/aromatic N) is 2. The van der Waals surface area contributed by atoms with Crippen LogP contribution >= 0.6 is 0 Å². The standard InChI is InChI=1S/C19H21N5O2/c20-16-7-5-15(6-8-16)18(25)23-11-13-1-3-14(4-2-13)12-26-19-22-10-9-17(21)24-19/h1-8,10,19H,9,11-12,20H2,(H2,21,24)(H,23,25). The van der Waals surface area contributed by atoms with E-state index in [1.807, 2.05) is 24.3 Å². The van der Waals surface area contributed by atoms with Crippen molar-refractivity contribution < 1.29 is 9.53 Å². The highest BCUT2D eigenvalue weighted by atomic mass is 16.5. The quantitative estimate of drug-likeness (QED) is 0.689. The first-order valence-electron chi connectivity index (χ1n) is 8.27. The fraction of sp³-hybridized carbons (Fsp3) is 0.211. The first kappa shape index (κ1) is 17.6. The molecule has 1 aliphatic heterocycles. The highest BCUT2D eigenvalue weighted by molar-refractivity contribution is 5.94. The first-order valence-corrected chi connectivity index (χ1v) is 8.27. The predicted octanol–water partition coefficient (Wildman–Crippen LogP) is 1.83. The molecule has 0 saturated heterocycles. The van der Waals surface area contributed by atoms with Gasteiger partial charge in [-0.05, 0) is 35.4 Å². The first-order chi connectivity index (χ1) is 12.6. The number of carbonyl (C=O) groups excluding carboxylic acids is 1. The molecule has 0 fully saturated rings. The van der Waals surface area contributed by atoms with Crippen LogP contribution < -0.4 is 16.8 Å². The Hall–Kier alpha value is -3.19. The zero-order chi connectivity index (χ0) is 18.4. The maximum absolute atomic E-state index is 12.1. The topological polar surface area (TPSA) is 115 Å². The van der Waals surface area contributed by atoms with Crippen LogP contribution in [0, 0.1) is 0 Å². The summed E-state index contributed by atoms with van der Waals surface area (Å²) in [6.45, 7) is 0.828. The SMILES string of the molecule is NC1=NC(OCc2ccc(CNC(=O)c3ccc(N)cc3)cc2)N=CC1. The van der Waals surface area contributed by atoms with E-state index in [0.29, 0.717) is 36.7 Å². The summed E-state index contributed by atoms with van der Waals surface area (Å²) in [6, 6.07) is 14.6. The number of amides is 1. The zero-order valence-corrected chi connectivity index (χ0v) is 14.3. The third kappa shape index (κ3) is 4.90. The number of nitrogens with one attached hydrogen (secondary N) is 1. The summed E-state index contributed by atoms with van der Waals surface area (Å²) >= 11 is 0. The lowest BCUT2D eigenvalue weighted by Crippen LogP contribution is -2.22. The van der Waals surface area contributed by atoms with Crippen LogP contribution in [-0.2, 0) is 17.9 Å². The van der Waals surface area contributed by atoms with Crippen molar-refractivity contribution >= 4 is 23.6 Å². The van der Waals surface area contributed by atoms with Gasteiger partial charge in [0.05, 0.1) is 6.61 Å². The molecule has 1 atom stereocenters. The van der Waals surface area contributed by atoms with E-state index in [0.717, 1.165) is 11.1 Å². The Balaban J connectivity index is 1.48. The van der Waals surface area contributed by atoms with Crippen LogP contribution in [0.4, 0.5) is 5.69 Å². The molecule has 0 radical (unpaired) electrons. The largest absolute Gasteiger partial charge is 0.399 e. The van der Waals surface area contributed by atoms with Crippen molar-refractivity contribution in [1.29, 1.82) is 0 Å². The fourth-order valence-electron chi connectivity index (χ4n) is 2.39. The van der Waals surface area contributed by atoms with E-state index in [1.165, 1.54) is 0 Å². The molecular formula is C19H21N5O2. The van der Waals surface area contributed by atoms with Crippen LogP contribution in [-0.4, -0.2) is 24.3 Å². The van der Waals surface area contributed by atoms with E-state index < -0.39 is 6.35 Å². The molecule has 1 amide bonds. The summed E-state index contributed by atoms with van der Waals surface area (Å²) in [5.74, 6) is 0.389. The number of benzene rings is 2. The number of nitrogen functional groups attached to an aromatic ring is 1. The van der Waals surface area contributed by atoms with Crippen LogP contribution in [0.2, 0.25) is 0 Å². The van der Waals surface area contributed by atoms with Gasteiger partial charge in [-0.15, -0.1) is 0 Å². The minimum atomic E-state index is -0.567. The summed E-state index contributed by atoms with van der Waals surface area (Å²) in [5.41, 5.74) is 14.5. The Labute approximate surface area is 151 Å². The number of carbonyl (C=O) groups is 1. The predicted molar refractivity (Wildman–Crippen MR) is 102 cm³/mol. The molecule has 0 aliphatic carbocycles. The maximum atomic E-state index is 12.1. The average molecular weight is 351 g/mol. The van der Waals surface area contributed by atoms with Gasteiger partial charge in [-0.1, -0.05) is 24.3 Å². The number of ether oxygens (including phenoxy) is 1. The fourth-order valence-corrected chi connectivity index (χ4v) is 2.39. The molecule has 7 nitrogen and oxygen atoms in total. The molecule has 0 aromatic heterocycles. The number of amidine groups is 1. The Bertz CT molecular complexity index is 813. The van der Waals surface area contributed by atoms with Crippen LogP contribution in [0.1, 0.15) is 27.9 Å². The van der Waals surface area contributed by atoms with E-state index in [-0.39, 0.29) is 5.91 Å². The number of hydrogen-bond donors (Lipinski definition) is 3. The molecule has 1 heterocycles. The van der Waals surface area contributed by atoms with Crippen LogP contribution in [0.25, 0.3) is 0 Å². The van der Waals surface area contributed by atoms with Gasteiger partial charge < -0.3 is 21.5 Å². The van der Waals surface area contributed by atoms with E-state index in [9.17, 15) is 4.79 Å². The van der Waals surface area contributed by atoms with E-state index in [1.54, 1.807) is 30.5 Å². The van der Waals surface area contributed by atoms with Crippen molar-refractivity contribution in [2.24, 2.45) is 15.7 Å². The minimum absolute atomic E-state index is 0.136. The molecule has 26 heavy (non-hydrogen) atoms. The van der Waals surface area contributed by atoms with Crippen molar-refractivity contribution in [2.75, 3.05) is 5.73 Å². The lowest BCUT2D eigenvalue weighted by atomic mass is 10.1. The zero-order valence-electron chi connectivity index (χ0n) is 14.3. The van der Waals surface area contributed by atoms with Crippen LogP contribution in [0.15, 0.2) is 58.5 Å². The molecule has 134 valence electrons. The molecular weight excluding hydrogens is 330 g/mol. The molecule has 0 spiro atoms. The maximum Gasteiger partial charge on any atom is 0.251 e. The second kappa shape index (κ2) is 8.26. The van der Waals surface area contributed by atoms with Crippen molar-refractivity contribution in [3.63, 3.8) is 0 Å². The van der Waals surface area contributed by atoms with Gasteiger partial charge in [0.2, 0.25) is 6.35 Å². The lowest BCUT2D eigenvalue weighted by molar-refractivity contribution is 0.0523. The van der Waals surface area contributed by atoms with Gasteiger partial charge in [-0.2, -0.15) is 0 Å². The molecule has 2 aromatic rings. The third-order valence-electron chi connectivity index (χ3n) is 3.86. The van der Waals surface area contributed by atoms with E-state index in [2.05, 4.69) is 15.3 Å². The van der Waals surface area contributed by atoms with Crippen molar-refractivity contribution in [3.05, 3.63) is 65.2 Å².